The maximum Gasteiger partial charge on any atom is 0.365 e. The number of pyridine rings is 1. The topological polar surface area (TPSA) is 95.2 Å². The SMILES string of the molecule is CCCOn1c(=O)n(C)c(=O)c2c(C(=O)NC)c(CCc3ccnc4ccccc34)sc21. The first-order valence-corrected chi connectivity index (χ1v) is 11.2. The highest BCUT2D eigenvalue weighted by atomic mass is 32.1. The fraction of sp³-hybridized carbons (Fsp3) is 0.304. The maximum atomic E-state index is 13.0. The minimum absolute atomic E-state index is 0.210. The number of carbonyl (C=O) groups is 1. The van der Waals surface area contributed by atoms with Gasteiger partial charge in [-0.2, -0.15) is 0 Å². The third kappa shape index (κ3) is 3.69. The molecule has 8 nitrogen and oxygen atoms in total. The Morgan fingerprint density at radius 3 is 2.72 bits per heavy atom. The molecule has 0 aliphatic heterocycles. The van der Waals surface area contributed by atoms with Gasteiger partial charge >= 0.3 is 5.69 Å². The van der Waals surface area contributed by atoms with Gasteiger partial charge in [0.2, 0.25) is 0 Å². The summed E-state index contributed by atoms with van der Waals surface area (Å²) in [6.07, 6.45) is 3.65. The number of nitrogens with one attached hydrogen (secondary N) is 1. The number of carbonyl (C=O) groups excluding carboxylic acids is 1. The molecular formula is C23H24N4O4S. The molecular weight excluding hydrogens is 428 g/mol. The zero-order valence-corrected chi connectivity index (χ0v) is 19.0. The normalized spacial score (nSPS) is 11.2. The summed E-state index contributed by atoms with van der Waals surface area (Å²) in [5, 5.41) is 3.90. The highest BCUT2D eigenvalue weighted by Crippen LogP contribution is 2.30. The molecule has 0 saturated carbocycles. The standard InChI is InChI=1S/C23H24N4O4S/c1-4-13-31-27-22-19(21(29)26(3)23(27)30)18(20(28)24-2)17(32-22)10-9-14-11-12-25-16-8-6-5-7-15(14)16/h5-8,11-12H,4,9-10,13H2,1-3H3,(H,24,28). The van der Waals surface area contributed by atoms with Gasteiger partial charge in [0.25, 0.3) is 11.5 Å². The van der Waals surface area contributed by atoms with Gasteiger partial charge in [-0.15, -0.1) is 16.1 Å². The lowest BCUT2D eigenvalue weighted by Gasteiger charge is -2.10. The fourth-order valence-corrected chi connectivity index (χ4v) is 4.98. The van der Waals surface area contributed by atoms with Crippen molar-refractivity contribution < 1.29 is 9.63 Å². The first-order chi connectivity index (χ1) is 15.5. The number of amides is 1. The summed E-state index contributed by atoms with van der Waals surface area (Å²) < 4.78 is 2.12. The third-order valence-electron chi connectivity index (χ3n) is 5.37. The van der Waals surface area contributed by atoms with E-state index in [4.69, 9.17) is 4.84 Å². The number of rotatable bonds is 7. The van der Waals surface area contributed by atoms with Gasteiger partial charge < -0.3 is 10.2 Å². The molecule has 4 aromatic rings. The lowest BCUT2D eigenvalue weighted by molar-refractivity contribution is 0.0963. The van der Waals surface area contributed by atoms with Crippen molar-refractivity contribution in [1.29, 1.82) is 0 Å². The summed E-state index contributed by atoms with van der Waals surface area (Å²) in [6, 6.07) is 9.86. The van der Waals surface area contributed by atoms with Crippen molar-refractivity contribution >= 4 is 38.4 Å². The van der Waals surface area contributed by atoms with Crippen LogP contribution in [0.4, 0.5) is 0 Å². The molecule has 9 heteroatoms. The summed E-state index contributed by atoms with van der Waals surface area (Å²) in [5.74, 6) is -0.358. The molecule has 0 bridgehead atoms. The van der Waals surface area contributed by atoms with E-state index in [2.05, 4.69) is 10.3 Å². The van der Waals surface area contributed by atoms with Crippen LogP contribution in [-0.4, -0.2) is 33.8 Å². The van der Waals surface area contributed by atoms with Crippen molar-refractivity contribution in [2.24, 2.45) is 7.05 Å². The molecule has 3 heterocycles. The number of nitrogens with zero attached hydrogens (tertiary/aromatic N) is 3. The van der Waals surface area contributed by atoms with Gasteiger partial charge in [-0.1, -0.05) is 25.1 Å². The largest absolute Gasteiger partial charge is 0.408 e. The smallest absolute Gasteiger partial charge is 0.365 e. The van der Waals surface area contributed by atoms with Crippen LogP contribution in [0.3, 0.4) is 0 Å². The van der Waals surface area contributed by atoms with E-state index in [1.165, 1.54) is 25.4 Å². The Bertz CT molecular complexity index is 1430. The van der Waals surface area contributed by atoms with Crippen molar-refractivity contribution in [1.82, 2.24) is 19.6 Å². The number of para-hydroxylation sites is 1. The molecule has 1 N–H and O–H groups in total. The second-order valence-corrected chi connectivity index (χ2v) is 8.50. The van der Waals surface area contributed by atoms with Gasteiger partial charge in [-0.3, -0.25) is 19.1 Å². The van der Waals surface area contributed by atoms with E-state index in [0.717, 1.165) is 30.6 Å². The van der Waals surface area contributed by atoms with Crippen molar-refractivity contribution in [3.8, 4) is 0 Å². The van der Waals surface area contributed by atoms with E-state index >= 15 is 0 Å². The van der Waals surface area contributed by atoms with Crippen molar-refractivity contribution in [2.45, 2.75) is 26.2 Å². The molecule has 32 heavy (non-hydrogen) atoms. The van der Waals surface area contributed by atoms with Gasteiger partial charge in [0, 0.05) is 30.6 Å². The van der Waals surface area contributed by atoms with Crippen LogP contribution in [0.25, 0.3) is 21.1 Å². The lowest BCUT2D eigenvalue weighted by atomic mass is 10.0. The molecule has 3 aromatic heterocycles. The molecule has 0 spiro atoms. The predicted octanol–water partition coefficient (Wildman–Crippen LogP) is 2.29. The molecule has 4 rings (SSSR count). The maximum absolute atomic E-state index is 13.0. The monoisotopic (exact) mass is 452 g/mol. The Morgan fingerprint density at radius 1 is 1.19 bits per heavy atom. The first kappa shape index (κ1) is 21.8. The third-order valence-corrected chi connectivity index (χ3v) is 6.58. The molecule has 1 aromatic carbocycles. The number of thiophene rings is 1. The van der Waals surface area contributed by atoms with Gasteiger partial charge in [0.05, 0.1) is 16.5 Å². The molecule has 0 aliphatic rings. The van der Waals surface area contributed by atoms with E-state index in [1.807, 2.05) is 37.3 Å². The molecule has 0 unspecified atom stereocenters. The van der Waals surface area contributed by atoms with Crippen LogP contribution in [0.5, 0.6) is 0 Å². The van der Waals surface area contributed by atoms with Crippen molar-refractivity contribution in [2.75, 3.05) is 13.7 Å². The number of benzene rings is 1. The Morgan fingerprint density at radius 2 is 1.97 bits per heavy atom. The molecule has 0 fully saturated rings. The summed E-state index contributed by atoms with van der Waals surface area (Å²) in [6.45, 7) is 2.25. The Balaban J connectivity index is 1.87. The average Bonchev–Trinajstić information content (AvgIpc) is 3.20. The highest BCUT2D eigenvalue weighted by molar-refractivity contribution is 7.19. The number of aryl methyl sites for hydroxylation is 2. The average molecular weight is 453 g/mol. The number of hydrogen-bond acceptors (Lipinski definition) is 6. The Labute approximate surface area is 188 Å². The summed E-state index contributed by atoms with van der Waals surface area (Å²) in [5.41, 5.74) is 1.25. The summed E-state index contributed by atoms with van der Waals surface area (Å²) in [7, 11) is 2.92. The van der Waals surface area contributed by atoms with Gasteiger partial charge in [-0.25, -0.2) is 4.79 Å². The molecule has 166 valence electrons. The van der Waals surface area contributed by atoms with E-state index in [0.29, 0.717) is 36.3 Å². The molecule has 0 aliphatic carbocycles. The zero-order valence-electron chi connectivity index (χ0n) is 18.2. The predicted molar refractivity (Wildman–Crippen MR) is 126 cm³/mol. The molecule has 0 atom stereocenters. The highest BCUT2D eigenvalue weighted by Gasteiger charge is 2.25. The minimum Gasteiger partial charge on any atom is -0.408 e. The van der Waals surface area contributed by atoms with Crippen molar-refractivity contribution in [3.63, 3.8) is 0 Å². The Kier molecular flexibility index (Phi) is 6.09. The summed E-state index contributed by atoms with van der Waals surface area (Å²) in [4.78, 5) is 49.7. The van der Waals surface area contributed by atoms with Gasteiger partial charge in [0.15, 0.2) is 4.83 Å². The second kappa shape index (κ2) is 8.96. The van der Waals surface area contributed by atoms with Crippen LogP contribution >= 0.6 is 11.3 Å². The molecule has 0 saturated heterocycles. The van der Waals surface area contributed by atoms with Crippen LogP contribution in [0.2, 0.25) is 0 Å². The van der Waals surface area contributed by atoms with Gasteiger partial charge in [-0.05, 0) is 37.0 Å². The zero-order chi connectivity index (χ0) is 22.8. The minimum atomic E-state index is -0.563. The lowest BCUT2D eigenvalue weighted by Crippen LogP contribution is -2.41. The number of aromatic nitrogens is 3. The first-order valence-electron chi connectivity index (χ1n) is 10.4. The van der Waals surface area contributed by atoms with Crippen molar-refractivity contribution in [3.05, 3.63) is 73.4 Å². The van der Waals surface area contributed by atoms with Crippen LogP contribution in [-0.2, 0) is 19.9 Å². The van der Waals surface area contributed by atoms with Crippen LogP contribution < -0.4 is 21.4 Å². The van der Waals surface area contributed by atoms with Crippen LogP contribution in [0.1, 0.15) is 34.1 Å². The molecule has 1 amide bonds. The summed E-state index contributed by atoms with van der Waals surface area (Å²) >= 11 is 1.25. The Hall–Kier alpha value is -3.46. The van der Waals surface area contributed by atoms with E-state index in [-0.39, 0.29) is 11.3 Å². The van der Waals surface area contributed by atoms with Gasteiger partial charge in [0.1, 0.15) is 6.61 Å². The van der Waals surface area contributed by atoms with Crippen LogP contribution in [0.15, 0.2) is 46.1 Å². The van der Waals surface area contributed by atoms with E-state index in [1.54, 1.807) is 6.20 Å². The fourth-order valence-electron chi connectivity index (χ4n) is 3.74. The number of hydrogen-bond donors (Lipinski definition) is 1. The quantitative estimate of drug-likeness (QED) is 0.464. The van der Waals surface area contributed by atoms with E-state index in [9.17, 15) is 14.4 Å². The number of fused-ring (bicyclic) bond motifs is 2. The van der Waals surface area contributed by atoms with E-state index < -0.39 is 11.2 Å². The van der Waals surface area contributed by atoms with Crippen LogP contribution in [0, 0.1) is 0 Å². The second-order valence-electron chi connectivity index (χ2n) is 7.42. The molecule has 0 radical (unpaired) electrons.